The average Bonchev–Trinajstić information content (AvgIpc) is 2.65. The molecule has 1 heterocycles. The number of piperidine rings is 1. The monoisotopic (exact) mass is 366 g/mol. The van der Waals surface area contributed by atoms with Crippen molar-refractivity contribution in [3.8, 4) is 17.2 Å². The molecule has 0 radical (unpaired) electrons. The zero-order valence-electron chi connectivity index (χ0n) is 15.6. The van der Waals surface area contributed by atoms with E-state index in [1.807, 2.05) is 0 Å². The molecule has 1 aromatic carbocycles. The second kappa shape index (κ2) is 9.28. The summed E-state index contributed by atoms with van der Waals surface area (Å²) in [5.41, 5.74) is 6.23. The van der Waals surface area contributed by atoms with E-state index in [1.54, 1.807) is 33.5 Å². The average molecular weight is 366 g/mol. The molecule has 0 aromatic heterocycles. The largest absolute Gasteiger partial charge is 0.493 e. The number of nitrogens with two attached hydrogens (primary N) is 1. The van der Waals surface area contributed by atoms with Crippen LogP contribution in [0.15, 0.2) is 12.1 Å². The lowest BCUT2D eigenvalue weighted by molar-refractivity contribution is -0.899. The van der Waals surface area contributed by atoms with Gasteiger partial charge in [-0.25, -0.2) is 0 Å². The van der Waals surface area contributed by atoms with E-state index in [4.69, 9.17) is 19.9 Å². The summed E-state index contributed by atoms with van der Waals surface area (Å²) in [6.45, 7) is 2.17. The summed E-state index contributed by atoms with van der Waals surface area (Å²) < 4.78 is 15.9. The predicted molar refractivity (Wildman–Crippen MR) is 95.4 cm³/mol. The highest BCUT2D eigenvalue weighted by atomic mass is 16.5. The van der Waals surface area contributed by atoms with E-state index < -0.39 is 0 Å². The molecule has 0 bridgehead atoms. The van der Waals surface area contributed by atoms with Crippen LogP contribution in [0.5, 0.6) is 17.2 Å². The molecule has 2 atom stereocenters. The number of methoxy groups -OCH3 is 3. The fourth-order valence-electron chi connectivity index (χ4n) is 3.28. The molecule has 8 nitrogen and oxygen atoms in total. The third kappa shape index (κ3) is 5.01. The molecule has 144 valence electrons. The highest BCUT2D eigenvalue weighted by Gasteiger charge is 2.28. The summed E-state index contributed by atoms with van der Waals surface area (Å²) in [4.78, 5) is 24.7. The number of quaternary nitrogens is 1. The number of amides is 2. The lowest BCUT2D eigenvalue weighted by Crippen LogP contribution is -3.14. The number of nitrogens with one attached hydrogen (secondary N) is 2. The van der Waals surface area contributed by atoms with Gasteiger partial charge in [-0.3, -0.25) is 9.59 Å². The summed E-state index contributed by atoms with van der Waals surface area (Å²) >= 11 is 0. The van der Waals surface area contributed by atoms with Gasteiger partial charge in [0.1, 0.15) is 0 Å². The number of primary amides is 1. The van der Waals surface area contributed by atoms with Gasteiger partial charge in [-0.05, 0) is 30.5 Å². The number of ether oxygens (including phenoxy) is 3. The summed E-state index contributed by atoms with van der Waals surface area (Å²) in [5.74, 6) is 1.12. The standard InChI is InChI=1S/C18H27N3O5/c1-24-14-7-12(8-15(25-2)17(14)26-3)9-20-16(22)11-21-6-4-5-13(10-21)18(19)23/h7-8,13H,4-6,9-11H2,1-3H3,(H2,19,23)(H,20,22)/p+1/t13-/m0/s1. The van der Waals surface area contributed by atoms with Crippen molar-refractivity contribution >= 4 is 11.8 Å². The smallest absolute Gasteiger partial charge is 0.275 e. The maximum Gasteiger partial charge on any atom is 0.275 e. The highest BCUT2D eigenvalue weighted by Crippen LogP contribution is 2.38. The Morgan fingerprint density at radius 3 is 2.38 bits per heavy atom. The van der Waals surface area contributed by atoms with Crippen LogP contribution in [0, 0.1) is 5.92 Å². The molecule has 2 amide bonds. The van der Waals surface area contributed by atoms with Crippen LogP contribution in [0.2, 0.25) is 0 Å². The highest BCUT2D eigenvalue weighted by molar-refractivity contribution is 5.77. The molecule has 1 unspecified atom stereocenters. The minimum absolute atomic E-state index is 0.0705. The Morgan fingerprint density at radius 1 is 1.19 bits per heavy atom. The second-order valence-corrected chi connectivity index (χ2v) is 6.43. The van der Waals surface area contributed by atoms with Crippen molar-refractivity contribution in [1.82, 2.24) is 5.32 Å². The van der Waals surface area contributed by atoms with E-state index in [9.17, 15) is 9.59 Å². The molecule has 0 spiro atoms. The zero-order chi connectivity index (χ0) is 19.1. The summed E-state index contributed by atoms with van der Waals surface area (Å²) in [6, 6.07) is 3.61. The minimum Gasteiger partial charge on any atom is -0.493 e. The van der Waals surface area contributed by atoms with E-state index in [0.29, 0.717) is 36.9 Å². The van der Waals surface area contributed by atoms with Crippen molar-refractivity contribution in [2.24, 2.45) is 11.7 Å². The van der Waals surface area contributed by atoms with Crippen molar-refractivity contribution in [3.63, 3.8) is 0 Å². The third-order valence-corrected chi connectivity index (χ3v) is 4.65. The molecule has 4 N–H and O–H groups in total. The Bertz CT molecular complexity index is 625. The van der Waals surface area contributed by atoms with E-state index in [0.717, 1.165) is 29.8 Å². The number of benzene rings is 1. The summed E-state index contributed by atoms with van der Waals surface area (Å²) in [7, 11) is 4.64. The number of rotatable bonds is 8. The number of carbonyl (C=O) groups excluding carboxylic acids is 2. The molecule has 1 saturated heterocycles. The van der Waals surface area contributed by atoms with Gasteiger partial charge in [0.05, 0.1) is 40.3 Å². The van der Waals surface area contributed by atoms with Gasteiger partial charge in [-0.1, -0.05) is 0 Å². The maximum atomic E-state index is 12.3. The van der Waals surface area contributed by atoms with Crippen LogP contribution in [-0.4, -0.2) is 52.8 Å². The molecule has 8 heteroatoms. The van der Waals surface area contributed by atoms with Crippen molar-refractivity contribution in [2.75, 3.05) is 41.0 Å². The Kier molecular flexibility index (Phi) is 7.08. The van der Waals surface area contributed by atoms with Crippen molar-refractivity contribution < 1.29 is 28.7 Å². The van der Waals surface area contributed by atoms with E-state index in [1.165, 1.54) is 0 Å². The van der Waals surface area contributed by atoms with Gasteiger partial charge in [0, 0.05) is 6.54 Å². The molecule has 1 aliphatic heterocycles. The van der Waals surface area contributed by atoms with Crippen LogP contribution in [0.1, 0.15) is 18.4 Å². The first kappa shape index (κ1) is 19.8. The van der Waals surface area contributed by atoms with Crippen molar-refractivity contribution in [3.05, 3.63) is 17.7 Å². The van der Waals surface area contributed by atoms with Gasteiger partial charge in [0.25, 0.3) is 5.91 Å². The van der Waals surface area contributed by atoms with Gasteiger partial charge < -0.3 is 30.2 Å². The normalized spacial score (nSPS) is 19.5. The van der Waals surface area contributed by atoms with Crippen LogP contribution in [-0.2, 0) is 16.1 Å². The molecular formula is C18H28N3O5+. The lowest BCUT2D eigenvalue weighted by Gasteiger charge is -2.27. The molecule has 2 rings (SSSR count). The van der Waals surface area contributed by atoms with Crippen LogP contribution >= 0.6 is 0 Å². The quantitative estimate of drug-likeness (QED) is 0.554. The molecular weight excluding hydrogens is 338 g/mol. The third-order valence-electron chi connectivity index (χ3n) is 4.65. The van der Waals surface area contributed by atoms with Crippen LogP contribution in [0.3, 0.4) is 0 Å². The predicted octanol–water partition coefficient (Wildman–Crippen LogP) is -0.891. The first-order chi connectivity index (χ1) is 12.5. The fourth-order valence-corrected chi connectivity index (χ4v) is 3.28. The number of likely N-dealkylation sites (tertiary alicyclic amines) is 1. The van der Waals surface area contributed by atoms with E-state index in [2.05, 4.69) is 5.32 Å². The number of hydrogen-bond acceptors (Lipinski definition) is 5. The fraction of sp³-hybridized carbons (Fsp3) is 0.556. The second-order valence-electron chi connectivity index (χ2n) is 6.43. The number of carbonyl (C=O) groups is 2. The summed E-state index contributed by atoms with van der Waals surface area (Å²) in [6.07, 6.45) is 1.72. The molecule has 1 aliphatic rings. The number of hydrogen-bond donors (Lipinski definition) is 3. The van der Waals surface area contributed by atoms with Gasteiger partial charge in [-0.15, -0.1) is 0 Å². The zero-order valence-corrected chi connectivity index (χ0v) is 15.6. The van der Waals surface area contributed by atoms with Gasteiger partial charge >= 0.3 is 0 Å². The van der Waals surface area contributed by atoms with Gasteiger partial charge in [0.2, 0.25) is 11.7 Å². The van der Waals surface area contributed by atoms with Gasteiger partial charge in [0.15, 0.2) is 18.0 Å². The molecule has 1 aromatic rings. The first-order valence-corrected chi connectivity index (χ1v) is 8.67. The molecule has 0 saturated carbocycles. The molecule has 1 fully saturated rings. The molecule has 0 aliphatic carbocycles. The van der Waals surface area contributed by atoms with Gasteiger partial charge in [-0.2, -0.15) is 0 Å². The molecule has 26 heavy (non-hydrogen) atoms. The Labute approximate surface area is 153 Å². The van der Waals surface area contributed by atoms with Crippen LogP contribution in [0.4, 0.5) is 0 Å². The van der Waals surface area contributed by atoms with E-state index >= 15 is 0 Å². The van der Waals surface area contributed by atoms with E-state index in [-0.39, 0.29) is 17.7 Å². The minimum atomic E-state index is -0.278. The van der Waals surface area contributed by atoms with Crippen LogP contribution < -0.4 is 30.2 Å². The maximum absolute atomic E-state index is 12.3. The SMILES string of the molecule is COc1cc(CNC(=O)C[NH+]2CCC[C@H](C(N)=O)C2)cc(OC)c1OC. The van der Waals surface area contributed by atoms with Crippen molar-refractivity contribution in [2.45, 2.75) is 19.4 Å². The Hall–Kier alpha value is -2.48. The first-order valence-electron chi connectivity index (χ1n) is 8.67. The Balaban J connectivity index is 1.93. The summed E-state index contributed by atoms with van der Waals surface area (Å²) in [5, 5.41) is 2.90. The topological polar surface area (TPSA) is 104 Å². The van der Waals surface area contributed by atoms with Crippen LogP contribution in [0.25, 0.3) is 0 Å². The Morgan fingerprint density at radius 2 is 1.85 bits per heavy atom. The lowest BCUT2D eigenvalue weighted by atomic mass is 9.97. The van der Waals surface area contributed by atoms with Crippen molar-refractivity contribution in [1.29, 1.82) is 0 Å².